The summed E-state index contributed by atoms with van der Waals surface area (Å²) in [6, 6.07) is 1.42. The van der Waals surface area contributed by atoms with Crippen LogP contribution in [0.1, 0.15) is 9.67 Å². The van der Waals surface area contributed by atoms with E-state index in [0.717, 1.165) is 11.3 Å². The number of carbonyl (C=O) groups is 1. The van der Waals surface area contributed by atoms with Crippen molar-refractivity contribution in [2.75, 3.05) is 7.11 Å². The van der Waals surface area contributed by atoms with Crippen molar-refractivity contribution in [3.05, 3.63) is 15.4 Å². The molecule has 0 spiro atoms. The van der Waals surface area contributed by atoms with Gasteiger partial charge in [0.15, 0.2) is 0 Å². The third-order valence-electron chi connectivity index (χ3n) is 1.19. The molecule has 0 saturated carbocycles. The van der Waals surface area contributed by atoms with Gasteiger partial charge in [0.1, 0.15) is 4.88 Å². The van der Waals surface area contributed by atoms with Crippen LogP contribution in [0, 0.1) is 0 Å². The number of thiophene rings is 1. The van der Waals surface area contributed by atoms with Gasteiger partial charge in [0, 0.05) is 4.47 Å². The number of ether oxygens (including phenoxy) is 1. The van der Waals surface area contributed by atoms with Crippen LogP contribution in [0.3, 0.4) is 0 Å². The number of hydrogen-bond donors (Lipinski definition) is 0. The molecule has 0 fully saturated rings. The van der Waals surface area contributed by atoms with Crippen LogP contribution in [0.25, 0.3) is 0 Å². The summed E-state index contributed by atoms with van der Waals surface area (Å²) in [7, 11) is 1.24. The first-order chi connectivity index (χ1) is 6.06. The van der Waals surface area contributed by atoms with Crippen molar-refractivity contribution in [2.24, 2.45) is 0 Å². The Balaban J connectivity index is 0.00000169. The van der Waals surface area contributed by atoms with Crippen molar-refractivity contribution in [1.82, 2.24) is 0 Å². The molecule has 0 radical (unpaired) electrons. The molecule has 0 aliphatic rings. The number of halogens is 1. The molecule has 0 bridgehead atoms. The van der Waals surface area contributed by atoms with Gasteiger partial charge in [-0.2, -0.15) is 0 Å². The Morgan fingerprint density at radius 2 is 2.29 bits per heavy atom. The van der Waals surface area contributed by atoms with Gasteiger partial charge in [0.25, 0.3) is 0 Å². The Kier molecular flexibility index (Phi) is 6.71. The normalized spacial score (nSPS) is 11.6. The van der Waals surface area contributed by atoms with Gasteiger partial charge in [-0.05, 0) is 33.1 Å². The molecule has 1 atom stereocenters. The van der Waals surface area contributed by atoms with Gasteiger partial charge in [-0.1, -0.05) is 0 Å². The van der Waals surface area contributed by atoms with Gasteiger partial charge in [-0.25, -0.2) is 4.79 Å². The second kappa shape index (κ2) is 6.37. The average molecular weight is 307 g/mol. The smallest absolute Gasteiger partial charge is 0.768 e. The van der Waals surface area contributed by atoms with E-state index in [4.69, 9.17) is 0 Å². The fourth-order valence-corrected chi connectivity index (χ4v) is 3.15. The summed E-state index contributed by atoms with van der Waals surface area (Å²) in [5.41, 5.74) is 0. The molecule has 0 saturated heterocycles. The molecule has 0 aliphatic heterocycles. The van der Waals surface area contributed by atoms with Crippen molar-refractivity contribution in [3.8, 4) is 0 Å². The Hall–Kier alpha value is 0.760. The monoisotopic (exact) mass is 306 g/mol. The summed E-state index contributed by atoms with van der Waals surface area (Å²) in [6.07, 6.45) is 0. The summed E-state index contributed by atoms with van der Waals surface area (Å²) < 4.78 is 26.1. The summed E-state index contributed by atoms with van der Waals surface area (Å²) in [5, 5.41) is 0. The first kappa shape index (κ1) is 14.8. The topological polar surface area (TPSA) is 66.4 Å². The zero-order valence-electron chi connectivity index (χ0n) is 7.40. The van der Waals surface area contributed by atoms with Crippen LogP contribution in [0.15, 0.2) is 14.7 Å². The third kappa shape index (κ3) is 3.41. The molecule has 0 aromatic carbocycles. The van der Waals surface area contributed by atoms with Crippen LogP contribution >= 0.6 is 27.3 Å². The second-order valence-corrected chi connectivity index (χ2v) is 5.01. The van der Waals surface area contributed by atoms with E-state index in [-0.39, 0.29) is 38.6 Å². The van der Waals surface area contributed by atoms with Crippen molar-refractivity contribution >= 4 is 44.3 Å². The predicted octanol–water partition coefficient (Wildman–Crippen LogP) is -1.46. The molecule has 14 heavy (non-hydrogen) atoms. The maximum Gasteiger partial charge on any atom is 1.00 e. The molecule has 1 aromatic rings. The van der Waals surface area contributed by atoms with Gasteiger partial charge >= 0.3 is 35.5 Å². The molecule has 4 nitrogen and oxygen atoms in total. The summed E-state index contributed by atoms with van der Waals surface area (Å²) in [5.74, 6) is -0.539. The number of methoxy groups -OCH3 is 1. The zero-order valence-corrected chi connectivity index (χ0v) is 12.6. The zero-order chi connectivity index (χ0) is 10.0. The molecular weight excluding hydrogens is 303 g/mol. The van der Waals surface area contributed by atoms with Crippen LogP contribution in [-0.4, -0.2) is 21.8 Å². The predicted molar refractivity (Wildman–Crippen MR) is 50.5 cm³/mol. The number of rotatable bonds is 2. The van der Waals surface area contributed by atoms with Crippen molar-refractivity contribution in [1.29, 1.82) is 0 Å². The fraction of sp³-hybridized carbons (Fsp3) is 0.167. The summed E-state index contributed by atoms with van der Waals surface area (Å²) >= 11 is 1.57. The van der Waals surface area contributed by atoms with E-state index in [0.29, 0.717) is 4.47 Å². The molecule has 0 aliphatic carbocycles. The molecule has 72 valence electrons. The van der Waals surface area contributed by atoms with Crippen LogP contribution in [0.4, 0.5) is 0 Å². The van der Waals surface area contributed by atoms with Gasteiger partial charge < -0.3 is 9.29 Å². The van der Waals surface area contributed by atoms with E-state index in [1.165, 1.54) is 13.2 Å². The average Bonchev–Trinajstić information content (AvgIpc) is 2.46. The minimum Gasteiger partial charge on any atom is -0.768 e. The van der Waals surface area contributed by atoms with Gasteiger partial charge in [-0.15, -0.1) is 11.3 Å². The molecule has 8 heteroatoms. The van der Waals surface area contributed by atoms with E-state index in [9.17, 15) is 13.6 Å². The van der Waals surface area contributed by atoms with E-state index in [1.54, 1.807) is 0 Å². The maximum atomic E-state index is 11.0. The van der Waals surface area contributed by atoms with Gasteiger partial charge in [-0.3, -0.25) is 4.21 Å². The summed E-state index contributed by atoms with van der Waals surface area (Å²) in [6.45, 7) is 0. The van der Waals surface area contributed by atoms with E-state index >= 15 is 0 Å². The van der Waals surface area contributed by atoms with Crippen LogP contribution < -0.4 is 29.6 Å². The van der Waals surface area contributed by atoms with Crippen molar-refractivity contribution in [3.63, 3.8) is 0 Å². The Labute approximate surface area is 118 Å². The van der Waals surface area contributed by atoms with Gasteiger partial charge in [0.2, 0.25) is 0 Å². The quantitative estimate of drug-likeness (QED) is 0.380. The molecular formula is C6H4BrNaO4S2. The SMILES string of the molecule is COC(=O)c1cc(Br)c(S(=O)[O-])s1.[Na+]. The molecule has 0 N–H and O–H groups in total. The van der Waals surface area contributed by atoms with E-state index in [1.807, 2.05) is 0 Å². The van der Waals surface area contributed by atoms with Crippen molar-refractivity contribution in [2.45, 2.75) is 4.21 Å². The minimum atomic E-state index is -2.32. The minimum absolute atomic E-state index is 0. The van der Waals surface area contributed by atoms with Crippen molar-refractivity contribution < 1.29 is 47.9 Å². The molecule has 1 unspecified atom stereocenters. The number of esters is 1. The first-order valence-electron chi connectivity index (χ1n) is 3.03. The van der Waals surface area contributed by atoms with Gasteiger partial charge in [0.05, 0.1) is 11.3 Å². The third-order valence-corrected chi connectivity index (χ3v) is 4.43. The Bertz CT molecular complexity index is 365. The largest absolute Gasteiger partial charge is 1.00 e. The van der Waals surface area contributed by atoms with Crippen LogP contribution in [0.2, 0.25) is 0 Å². The first-order valence-corrected chi connectivity index (χ1v) is 5.71. The molecule has 1 rings (SSSR count). The van der Waals surface area contributed by atoms with Crippen LogP contribution in [0.5, 0.6) is 0 Å². The fourth-order valence-electron chi connectivity index (χ4n) is 0.667. The molecule has 1 heterocycles. The summed E-state index contributed by atoms with van der Waals surface area (Å²) in [4.78, 5) is 11.2. The van der Waals surface area contributed by atoms with Crippen LogP contribution in [-0.2, 0) is 15.8 Å². The number of hydrogen-bond acceptors (Lipinski definition) is 5. The van der Waals surface area contributed by atoms with E-state index < -0.39 is 17.0 Å². The maximum absolute atomic E-state index is 11.0. The number of carbonyl (C=O) groups excluding carboxylic acids is 1. The van der Waals surface area contributed by atoms with E-state index in [2.05, 4.69) is 20.7 Å². The molecule has 1 aromatic heterocycles. The second-order valence-electron chi connectivity index (χ2n) is 1.97. The Morgan fingerprint density at radius 1 is 1.71 bits per heavy atom. The standard InChI is InChI=1S/C6H5BrO4S2.Na/c1-11-5(8)4-2-3(7)6(12-4)13(9)10;/h2H,1H3,(H,9,10);/q;+1/p-1. The Morgan fingerprint density at radius 3 is 2.64 bits per heavy atom. The molecule has 0 amide bonds.